The Morgan fingerprint density at radius 2 is 1.21 bits per heavy atom. The van der Waals surface area contributed by atoms with Crippen LogP contribution in [0.25, 0.3) is 0 Å². The minimum atomic E-state index is -4.37. The van der Waals surface area contributed by atoms with Gasteiger partial charge in [-0.15, -0.1) is 0 Å². The number of carbonyl (C=O) groups is 2. The van der Waals surface area contributed by atoms with Gasteiger partial charge in [-0.25, -0.2) is 4.57 Å². The fraction of sp³-hybridized carbons (Fsp3) is 0.929. The summed E-state index contributed by atoms with van der Waals surface area (Å²) < 4.78 is 25.9. The van der Waals surface area contributed by atoms with E-state index in [4.69, 9.17) is 9.26 Å². The molecule has 0 aliphatic carbocycles. The third-order valence-electron chi connectivity index (χ3n) is 6.34. The molecule has 0 radical (unpaired) electrons. The molecule has 10 heteroatoms. The number of phosphoric acid groups is 1. The maximum atomic E-state index is 11.9. The number of aliphatic hydroxyl groups excluding tert-OH is 1. The summed E-state index contributed by atoms with van der Waals surface area (Å²) in [6.45, 7) is 2.92. The van der Waals surface area contributed by atoms with Crippen molar-refractivity contribution in [1.82, 2.24) is 5.32 Å². The highest BCUT2D eigenvalue weighted by atomic mass is 31.2. The Hall–Kier alpha value is -0.990. The summed E-state index contributed by atoms with van der Waals surface area (Å²) in [5.41, 5.74) is 0. The van der Waals surface area contributed by atoms with Gasteiger partial charge in [0.15, 0.2) is 0 Å². The van der Waals surface area contributed by atoms with E-state index in [-0.39, 0.29) is 32.1 Å². The van der Waals surface area contributed by atoms with Crippen LogP contribution in [0.5, 0.6) is 0 Å². The first-order valence-electron chi connectivity index (χ1n) is 15.0. The van der Waals surface area contributed by atoms with Crippen molar-refractivity contribution in [2.45, 2.75) is 142 Å². The molecule has 2 unspecified atom stereocenters. The van der Waals surface area contributed by atoms with Crippen molar-refractivity contribution in [1.29, 1.82) is 0 Å². The van der Waals surface area contributed by atoms with E-state index in [1.54, 1.807) is 6.92 Å². The molecule has 9 nitrogen and oxygen atoms in total. The molecule has 0 aliphatic rings. The molecule has 0 fully saturated rings. The van der Waals surface area contributed by atoms with Gasteiger partial charge in [-0.1, -0.05) is 117 Å². The van der Waals surface area contributed by atoms with E-state index < -0.39 is 26.5 Å². The van der Waals surface area contributed by atoms with Gasteiger partial charge in [0.1, 0.15) is 12.7 Å². The monoisotopic (exact) mass is 565 g/mol. The van der Waals surface area contributed by atoms with E-state index in [1.807, 2.05) is 0 Å². The van der Waals surface area contributed by atoms with Crippen molar-refractivity contribution in [2.24, 2.45) is 0 Å². The molecule has 0 aromatic heterocycles. The van der Waals surface area contributed by atoms with Gasteiger partial charge in [0.25, 0.3) is 0 Å². The summed E-state index contributed by atoms with van der Waals surface area (Å²) in [5, 5.41) is 12.3. The number of nitrogens with one attached hydrogen (secondary N) is 1. The number of rotatable bonds is 28. The Balaban J connectivity index is 3.46. The fourth-order valence-electron chi connectivity index (χ4n) is 4.01. The lowest BCUT2D eigenvalue weighted by Crippen LogP contribution is -2.27. The summed E-state index contributed by atoms with van der Waals surface area (Å²) in [5.74, 6) is -0.602. The van der Waals surface area contributed by atoms with Crippen molar-refractivity contribution in [3.63, 3.8) is 0 Å². The Kier molecular flexibility index (Phi) is 25.6. The molecule has 0 aromatic carbocycles. The van der Waals surface area contributed by atoms with E-state index in [0.717, 1.165) is 19.3 Å². The quantitative estimate of drug-likeness (QED) is 0.0550. The van der Waals surface area contributed by atoms with Gasteiger partial charge in [-0.05, 0) is 6.42 Å². The van der Waals surface area contributed by atoms with Gasteiger partial charge in [0, 0.05) is 19.4 Å². The largest absolute Gasteiger partial charge is 0.472 e. The number of amides is 1. The average molecular weight is 566 g/mol. The van der Waals surface area contributed by atoms with Crippen molar-refractivity contribution >= 4 is 19.7 Å². The zero-order valence-electron chi connectivity index (χ0n) is 24.1. The number of aliphatic hydroxyl groups is 1. The lowest BCUT2D eigenvalue weighted by atomic mass is 10.0. The van der Waals surface area contributed by atoms with E-state index in [9.17, 15) is 24.2 Å². The standard InChI is InChI=1S/C28H56NO8P/c1-3-5-6-7-8-9-10-11-12-13-14-15-16-17-18-19-20-21-27(31)29-22-23-36-38(33,34)37-25-26(30)24-35-28(32)4-2/h26,30H,3-25H2,1-2H3,(H,29,31)(H,33,34). The van der Waals surface area contributed by atoms with Crippen molar-refractivity contribution < 1.29 is 37.9 Å². The van der Waals surface area contributed by atoms with Crippen molar-refractivity contribution in [3.05, 3.63) is 0 Å². The highest BCUT2D eigenvalue weighted by Crippen LogP contribution is 2.42. The molecule has 0 bridgehead atoms. The van der Waals surface area contributed by atoms with Crippen LogP contribution in [0.2, 0.25) is 0 Å². The second kappa shape index (κ2) is 26.2. The summed E-state index contributed by atoms with van der Waals surface area (Å²) in [7, 11) is -4.37. The van der Waals surface area contributed by atoms with Gasteiger partial charge < -0.3 is 20.1 Å². The van der Waals surface area contributed by atoms with Crippen molar-refractivity contribution in [3.8, 4) is 0 Å². The normalized spacial score (nSPS) is 13.7. The van der Waals surface area contributed by atoms with Crippen LogP contribution in [0.1, 0.15) is 136 Å². The van der Waals surface area contributed by atoms with E-state index >= 15 is 0 Å². The Labute approximate surface area is 231 Å². The first-order valence-corrected chi connectivity index (χ1v) is 16.5. The van der Waals surface area contributed by atoms with Crippen LogP contribution in [0.3, 0.4) is 0 Å². The molecule has 38 heavy (non-hydrogen) atoms. The van der Waals surface area contributed by atoms with Gasteiger partial charge in [-0.3, -0.25) is 18.6 Å². The lowest BCUT2D eigenvalue weighted by molar-refractivity contribution is -0.146. The predicted octanol–water partition coefficient (Wildman–Crippen LogP) is 6.59. The summed E-state index contributed by atoms with van der Waals surface area (Å²) in [6, 6.07) is 0. The van der Waals surface area contributed by atoms with Gasteiger partial charge >= 0.3 is 13.8 Å². The smallest absolute Gasteiger partial charge is 0.463 e. The molecule has 0 spiro atoms. The molecular weight excluding hydrogens is 509 g/mol. The Morgan fingerprint density at radius 1 is 0.737 bits per heavy atom. The zero-order chi connectivity index (χ0) is 28.3. The lowest BCUT2D eigenvalue weighted by Gasteiger charge is -2.15. The zero-order valence-corrected chi connectivity index (χ0v) is 25.0. The second-order valence-corrected chi connectivity index (χ2v) is 11.5. The summed E-state index contributed by atoms with van der Waals surface area (Å²) in [4.78, 5) is 32.5. The van der Waals surface area contributed by atoms with Crippen molar-refractivity contribution in [2.75, 3.05) is 26.4 Å². The van der Waals surface area contributed by atoms with Crippen LogP contribution < -0.4 is 5.32 Å². The van der Waals surface area contributed by atoms with E-state index in [0.29, 0.717) is 6.42 Å². The summed E-state index contributed by atoms with van der Waals surface area (Å²) >= 11 is 0. The Morgan fingerprint density at radius 3 is 1.68 bits per heavy atom. The number of carbonyl (C=O) groups excluding carboxylic acids is 2. The predicted molar refractivity (Wildman–Crippen MR) is 151 cm³/mol. The van der Waals surface area contributed by atoms with Gasteiger partial charge in [-0.2, -0.15) is 0 Å². The second-order valence-electron chi connectivity index (χ2n) is 10.0. The first-order chi connectivity index (χ1) is 18.3. The average Bonchev–Trinajstić information content (AvgIpc) is 2.90. The fourth-order valence-corrected chi connectivity index (χ4v) is 4.76. The molecule has 0 rings (SSSR count). The van der Waals surface area contributed by atoms with E-state index in [1.165, 1.54) is 89.9 Å². The molecule has 3 N–H and O–H groups in total. The number of ether oxygens (including phenoxy) is 1. The van der Waals surface area contributed by atoms with Crippen LogP contribution in [0, 0.1) is 0 Å². The molecule has 2 atom stereocenters. The third-order valence-corrected chi connectivity index (χ3v) is 7.33. The number of esters is 1. The maximum Gasteiger partial charge on any atom is 0.472 e. The molecule has 226 valence electrons. The molecular formula is C28H56NO8P. The molecule has 0 aromatic rings. The summed E-state index contributed by atoms with van der Waals surface area (Å²) in [6.07, 6.45) is 21.3. The maximum absolute atomic E-state index is 11.9. The number of phosphoric ester groups is 1. The van der Waals surface area contributed by atoms with Gasteiger partial charge in [0.05, 0.1) is 13.2 Å². The van der Waals surface area contributed by atoms with Gasteiger partial charge in [0.2, 0.25) is 5.91 Å². The Bertz CT molecular complexity index is 620. The molecule has 1 amide bonds. The van der Waals surface area contributed by atoms with Crippen LogP contribution in [0.15, 0.2) is 0 Å². The van der Waals surface area contributed by atoms with Crippen LogP contribution in [-0.2, 0) is 27.9 Å². The van der Waals surface area contributed by atoms with Crippen LogP contribution in [-0.4, -0.2) is 54.3 Å². The number of unbranched alkanes of at least 4 members (excludes halogenated alkanes) is 16. The molecule has 0 heterocycles. The van der Waals surface area contributed by atoms with E-state index in [2.05, 4.69) is 16.8 Å². The SMILES string of the molecule is CCCCCCCCCCCCCCCCCCCC(=O)NCCOP(=O)(O)OCC(O)COC(=O)CC. The molecule has 0 saturated heterocycles. The highest BCUT2D eigenvalue weighted by Gasteiger charge is 2.23. The first kappa shape index (κ1) is 37.0. The highest BCUT2D eigenvalue weighted by molar-refractivity contribution is 7.47. The van der Waals surface area contributed by atoms with Crippen LogP contribution in [0.4, 0.5) is 0 Å². The topological polar surface area (TPSA) is 131 Å². The molecule has 0 aliphatic heterocycles. The number of hydrogen-bond donors (Lipinski definition) is 3. The molecule has 0 saturated carbocycles. The third kappa shape index (κ3) is 26.6. The number of hydrogen-bond acceptors (Lipinski definition) is 7. The minimum absolute atomic E-state index is 0.0857. The van der Waals surface area contributed by atoms with Crippen LogP contribution >= 0.6 is 7.82 Å². The minimum Gasteiger partial charge on any atom is -0.463 e.